The summed E-state index contributed by atoms with van der Waals surface area (Å²) >= 11 is 5.19. The van der Waals surface area contributed by atoms with Gasteiger partial charge < -0.3 is 15.6 Å². The predicted octanol–water partition coefficient (Wildman–Crippen LogP) is -1.10. The lowest BCUT2D eigenvalue weighted by Crippen LogP contribution is -2.28. The summed E-state index contributed by atoms with van der Waals surface area (Å²) in [6.45, 7) is 0. The summed E-state index contributed by atoms with van der Waals surface area (Å²) in [6.07, 6.45) is 2.41. The molecular weight excluding hydrogens is 170 g/mol. The number of aliphatic carboxylic acids is 1. The van der Waals surface area contributed by atoms with Crippen LogP contribution in [0.1, 0.15) is 0 Å². The molecule has 0 aliphatic rings. The molecule has 0 saturated carbocycles. The van der Waals surface area contributed by atoms with Gasteiger partial charge in [0.1, 0.15) is 0 Å². The molecule has 0 aromatic carbocycles. The lowest BCUT2D eigenvalue weighted by Gasteiger charge is -1.97. The molecule has 0 heterocycles. The number of hydrogen-bond donors (Lipinski definition) is 1. The lowest BCUT2D eigenvalue weighted by molar-refractivity contribution is -0.299. The number of carboxylic acid groups (broad SMARTS) is 1. The second-order valence-corrected chi connectivity index (χ2v) is 2.02. The van der Waals surface area contributed by atoms with E-state index in [0.717, 1.165) is 12.2 Å². The van der Waals surface area contributed by atoms with Crippen LogP contribution in [-0.2, 0) is 9.59 Å². The normalized spacial score (nSPS) is 12.8. The average Bonchev–Trinajstić information content (AvgIpc) is 1.99. The van der Waals surface area contributed by atoms with E-state index in [2.05, 4.69) is 0 Å². The molecule has 0 saturated heterocycles. The third-order valence-corrected chi connectivity index (χ3v) is 0.985. The summed E-state index contributed by atoms with van der Waals surface area (Å²) in [5, 5.41) is 9.80. The number of carbonyl (C=O) groups excluding carboxylic acids is 2. The molecule has 0 bridgehead atoms. The van der Waals surface area contributed by atoms with Crippen LogP contribution in [0.3, 0.4) is 0 Å². The van der Waals surface area contributed by atoms with Gasteiger partial charge in [-0.15, -0.1) is 0 Å². The fourth-order valence-corrected chi connectivity index (χ4v) is 0.340. The first-order valence-electron chi connectivity index (χ1n) is 2.57. The molecule has 0 amide bonds. The van der Waals surface area contributed by atoms with Crippen LogP contribution in [0.2, 0.25) is 0 Å². The number of hydrogen-bond acceptors (Lipinski definition) is 4. The third-order valence-electron chi connectivity index (χ3n) is 0.770. The Hall–Kier alpha value is -1.29. The molecule has 0 aliphatic carbocycles. The highest BCUT2D eigenvalue weighted by molar-refractivity contribution is 6.38. The first-order chi connectivity index (χ1) is 5.07. The van der Waals surface area contributed by atoms with Crippen molar-refractivity contribution in [1.82, 2.24) is 0 Å². The zero-order valence-corrected chi connectivity index (χ0v) is 6.17. The highest BCUT2D eigenvalue weighted by Gasteiger charge is 1.88. The summed E-state index contributed by atoms with van der Waals surface area (Å²) < 4.78 is 0. The number of aldehydes is 1. The molecule has 0 aromatic heterocycles. The summed E-state index contributed by atoms with van der Waals surface area (Å²) in [4.78, 5) is 19.8. The Morgan fingerprint density at radius 2 is 2.00 bits per heavy atom. The molecule has 0 unspecified atom stereocenters. The number of halogens is 1. The number of carboxylic acids is 1. The van der Waals surface area contributed by atoms with E-state index in [-0.39, 0.29) is 5.03 Å². The summed E-state index contributed by atoms with van der Waals surface area (Å²) in [6, 6.07) is 0. The fourth-order valence-electron chi connectivity index (χ4n) is 0.277. The highest BCUT2D eigenvalue weighted by Crippen LogP contribution is 1.96. The van der Waals surface area contributed by atoms with Crippen LogP contribution in [0.15, 0.2) is 22.9 Å². The maximum Gasteiger partial charge on any atom is 0.161 e. The maximum absolute atomic E-state index is 9.94. The smallest absolute Gasteiger partial charge is 0.161 e. The monoisotopic (exact) mass is 174 g/mol. The van der Waals surface area contributed by atoms with Crippen LogP contribution in [-0.4, -0.2) is 12.3 Å². The van der Waals surface area contributed by atoms with Crippen molar-refractivity contribution in [2.45, 2.75) is 0 Å². The quantitative estimate of drug-likeness (QED) is 0.335. The summed E-state index contributed by atoms with van der Waals surface area (Å²) in [5.41, 5.74) is 4.42. The van der Waals surface area contributed by atoms with E-state index in [1.165, 1.54) is 0 Å². The van der Waals surface area contributed by atoms with Crippen molar-refractivity contribution >= 4 is 23.9 Å². The third kappa shape index (κ3) is 4.16. The molecule has 0 spiro atoms. The molecule has 11 heavy (non-hydrogen) atoms. The van der Waals surface area contributed by atoms with E-state index >= 15 is 0 Å². The molecular formula is C6H5ClNO3-. The van der Waals surface area contributed by atoms with E-state index in [1.54, 1.807) is 0 Å². The number of allylic oxidation sites excluding steroid dienone is 3. The molecule has 5 heteroatoms. The van der Waals surface area contributed by atoms with Crippen molar-refractivity contribution in [2.75, 3.05) is 0 Å². The van der Waals surface area contributed by atoms with E-state index in [9.17, 15) is 14.7 Å². The first-order valence-corrected chi connectivity index (χ1v) is 2.95. The van der Waals surface area contributed by atoms with Crippen LogP contribution in [0.5, 0.6) is 0 Å². The largest absolute Gasteiger partial charge is 0.543 e. The standard InChI is InChI=1S/C6H6ClNO3/c7-4(3-9)1-2-5(8)6(10)11/h1-3H,8H2,(H,10,11)/p-1/b4-1+,5-2+. The second-order valence-electron chi connectivity index (χ2n) is 1.58. The Bertz CT molecular complexity index is 232. The Morgan fingerprint density at radius 3 is 2.36 bits per heavy atom. The van der Waals surface area contributed by atoms with Crippen molar-refractivity contribution < 1.29 is 14.7 Å². The predicted molar refractivity (Wildman–Crippen MR) is 37.3 cm³/mol. The minimum atomic E-state index is -1.50. The number of nitrogens with two attached hydrogens (primary N) is 1. The van der Waals surface area contributed by atoms with Gasteiger partial charge in [0.25, 0.3) is 0 Å². The van der Waals surface area contributed by atoms with E-state index < -0.39 is 11.7 Å². The van der Waals surface area contributed by atoms with Gasteiger partial charge in [-0.1, -0.05) is 11.6 Å². The SMILES string of the molecule is N/C(=C/C=C(/Cl)C=O)C(=O)[O-]. The molecule has 0 atom stereocenters. The van der Waals surface area contributed by atoms with Gasteiger partial charge >= 0.3 is 0 Å². The van der Waals surface area contributed by atoms with Gasteiger partial charge in [-0.3, -0.25) is 4.79 Å². The van der Waals surface area contributed by atoms with Gasteiger partial charge in [0, 0.05) is 0 Å². The summed E-state index contributed by atoms with van der Waals surface area (Å²) in [7, 11) is 0. The van der Waals surface area contributed by atoms with Crippen molar-refractivity contribution in [3.05, 3.63) is 22.9 Å². The molecule has 4 nitrogen and oxygen atoms in total. The van der Waals surface area contributed by atoms with E-state index in [0.29, 0.717) is 6.29 Å². The van der Waals surface area contributed by atoms with Crippen LogP contribution in [0, 0.1) is 0 Å². The molecule has 60 valence electrons. The van der Waals surface area contributed by atoms with Crippen molar-refractivity contribution in [3.8, 4) is 0 Å². The first kappa shape index (κ1) is 9.71. The number of rotatable bonds is 3. The maximum atomic E-state index is 9.94. The molecule has 0 rings (SSSR count). The van der Waals surface area contributed by atoms with E-state index in [1.807, 2.05) is 0 Å². The molecule has 0 aromatic rings. The lowest BCUT2D eigenvalue weighted by atomic mass is 10.4. The molecule has 0 aliphatic heterocycles. The Kier molecular flexibility index (Phi) is 3.98. The van der Waals surface area contributed by atoms with Gasteiger partial charge in [0.05, 0.1) is 16.7 Å². The van der Waals surface area contributed by atoms with Gasteiger partial charge in [0.2, 0.25) is 0 Å². The Morgan fingerprint density at radius 1 is 1.45 bits per heavy atom. The van der Waals surface area contributed by atoms with Crippen molar-refractivity contribution in [3.63, 3.8) is 0 Å². The second kappa shape index (κ2) is 4.51. The zero-order chi connectivity index (χ0) is 8.85. The topological polar surface area (TPSA) is 83.2 Å². The van der Waals surface area contributed by atoms with Gasteiger partial charge in [-0.2, -0.15) is 0 Å². The molecule has 2 N–H and O–H groups in total. The Balaban J connectivity index is 4.34. The van der Waals surface area contributed by atoms with Crippen molar-refractivity contribution in [1.29, 1.82) is 0 Å². The highest BCUT2D eigenvalue weighted by atomic mass is 35.5. The average molecular weight is 175 g/mol. The molecule has 0 fully saturated rings. The van der Waals surface area contributed by atoms with Crippen LogP contribution in [0.25, 0.3) is 0 Å². The van der Waals surface area contributed by atoms with Crippen LogP contribution >= 0.6 is 11.6 Å². The van der Waals surface area contributed by atoms with Crippen molar-refractivity contribution in [2.24, 2.45) is 5.73 Å². The van der Waals surface area contributed by atoms with E-state index in [4.69, 9.17) is 17.3 Å². The van der Waals surface area contributed by atoms with Gasteiger partial charge in [-0.25, -0.2) is 0 Å². The van der Waals surface area contributed by atoms with Gasteiger partial charge in [0.15, 0.2) is 6.29 Å². The minimum absolute atomic E-state index is 0.130. The molecule has 0 radical (unpaired) electrons. The zero-order valence-electron chi connectivity index (χ0n) is 5.41. The Labute approximate surface area is 67.9 Å². The summed E-state index contributed by atoms with van der Waals surface area (Å²) in [5.74, 6) is -1.50. The number of carbonyl (C=O) groups is 2. The van der Waals surface area contributed by atoms with Crippen LogP contribution in [0.4, 0.5) is 0 Å². The van der Waals surface area contributed by atoms with Crippen LogP contribution < -0.4 is 10.8 Å². The minimum Gasteiger partial charge on any atom is -0.543 e. The fraction of sp³-hybridized carbons (Fsp3) is 0. The van der Waals surface area contributed by atoms with Gasteiger partial charge in [-0.05, 0) is 12.2 Å².